The second kappa shape index (κ2) is 5.54. The van der Waals surface area contributed by atoms with Gasteiger partial charge in [0.15, 0.2) is 0 Å². The summed E-state index contributed by atoms with van der Waals surface area (Å²) in [6.45, 7) is 6.67. The average Bonchev–Trinajstić information content (AvgIpc) is 2.29. The number of nitrogens with zero attached hydrogens (tertiary/aromatic N) is 1. The third-order valence-electron chi connectivity index (χ3n) is 2.71. The molecule has 96 valence electrons. The van der Waals surface area contributed by atoms with Crippen LogP contribution in [0.3, 0.4) is 0 Å². The zero-order valence-corrected chi connectivity index (χ0v) is 11.8. The number of anilines is 1. The van der Waals surface area contributed by atoms with Gasteiger partial charge in [0.25, 0.3) is 0 Å². The van der Waals surface area contributed by atoms with Crippen LogP contribution in [0.5, 0.6) is 0 Å². The van der Waals surface area contributed by atoms with E-state index in [-0.39, 0.29) is 0 Å². The second-order valence-corrected chi connectivity index (χ2v) is 6.14. The van der Waals surface area contributed by atoms with Gasteiger partial charge in [-0.1, -0.05) is 39.0 Å². The van der Waals surface area contributed by atoms with Crippen LogP contribution in [-0.2, 0) is 16.4 Å². The Morgan fingerprint density at radius 2 is 1.82 bits per heavy atom. The number of fused-ring (bicyclic) bond motifs is 1. The van der Waals surface area contributed by atoms with E-state index in [9.17, 15) is 8.42 Å². The molecule has 0 aliphatic carbocycles. The molecule has 0 fully saturated rings. The summed E-state index contributed by atoms with van der Waals surface area (Å²) in [5, 5.41) is 0. The summed E-state index contributed by atoms with van der Waals surface area (Å²) in [5.41, 5.74) is 1.97. The van der Waals surface area contributed by atoms with Crippen LogP contribution in [0.2, 0.25) is 0 Å². The van der Waals surface area contributed by atoms with Gasteiger partial charge in [-0.2, -0.15) is 0 Å². The molecule has 1 aromatic rings. The Hall–Kier alpha value is -1.03. The summed E-state index contributed by atoms with van der Waals surface area (Å²) < 4.78 is 24.8. The van der Waals surface area contributed by atoms with E-state index >= 15 is 0 Å². The van der Waals surface area contributed by atoms with Crippen LogP contribution in [0.4, 0.5) is 5.69 Å². The standard InChI is InChI=1S/C11H15NO2S.C2H6/c1-9-7-10-5-3-4-6-11(10)12(8-9)15(2,13)14;1-2/h3-6,9H,7-8H2,1-2H3;1-2H3. The van der Waals surface area contributed by atoms with Gasteiger partial charge in [-0.25, -0.2) is 8.42 Å². The van der Waals surface area contributed by atoms with Crippen LogP contribution >= 0.6 is 0 Å². The highest BCUT2D eigenvalue weighted by Crippen LogP contribution is 2.30. The fourth-order valence-corrected chi connectivity index (χ4v) is 3.12. The minimum atomic E-state index is -3.14. The number of hydrogen-bond donors (Lipinski definition) is 0. The number of hydrogen-bond acceptors (Lipinski definition) is 2. The molecule has 1 atom stereocenters. The molecule has 1 aliphatic heterocycles. The molecule has 1 aliphatic rings. The van der Waals surface area contributed by atoms with Gasteiger partial charge in [-0.3, -0.25) is 4.31 Å². The maximum absolute atomic E-state index is 11.6. The molecule has 0 spiro atoms. The number of para-hydroxylation sites is 1. The van der Waals surface area contributed by atoms with E-state index in [1.807, 2.05) is 38.1 Å². The van der Waals surface area contributed by atoms with Crippen molar-refractivity contribution < 1.29 is 8.42 Å². The van der Waals surface area contributed by atoms with Crippen LogP contribution in [0.1, 0.15) is 26.3 Å². The molecule has 17 heavy (non-hydrogen) atoms. The lowest BCUT2D eigenvalue weighted by Gasteiger charge is -2.32. The van der Waals surface area contributed by atoms with Crippen LogP contribution in [0.25, 0.3) is 0 Å². The first-order valence-electron chi connectivity index (χ1n) is 6.04. The van der Waals surface area contributed by atoms with E-state index in [1.165, 1.54) is 10.6 Å². The molecule has 1 unspecified atom stereocenters. The number of benzene rings is 1. The van der Waals surface area contributed by atoms with Crippen molar-refractivity contribution in [3.8, 4) is 0 Å². The Labute approximate surface area is 105 Å². The molecule has 0 radical (unpaired) electrons. The van der Waals surface area contributed by atoms with Gasteiger partial charge in [-0.15, -0.1) is 0 Å². The summed E-state index contributed by atoms with van der Waals surface area (Å²) in [6.07, 6.45) is 2.23. The van der Waals surface area contributed by atoms with E-state index < -0.39 is 10.0 Å². The largest absolute Gasteiger partial charge is 0.270 e. The topological polar surface area (TPSA) is 37.4 Å². The van der Waals surface area contributed by atoms with Gasteiger partial charge < -0.3 is 0 Å². The van der Waals surface area contributed by atoms with Gasteiger partial charge in [0, 0.05) is 6.54 Å². The first kappa shape index (κ1) is 14.0. The second-order valence-electron chi connectivity index (χ2n) is 4.23. The molecular weight excluding hydrogens is 234 g/mol. The average molecular weight is 255 g/mol. The summed E-state index contributed by atoms with van der Waals surface area (Å²) >= 11 is 0. The van der Waals surface area contributed by atoms with Crippen molar-refractivity contribution in [2.45, 2.75) is 27.2 Å². The van der Waals surface area contributed by atoms with Crippen molar-refractivity contribution in [1.82, 2.24) is 0 Å². The zero-order chi connectivity index (χ0) is 13.1. The van der Waals surface area contributed by atoms with Gasteiger partial charge in [0.2, 0.25) is 10.0 Å². The summed E-state index contributed by atoms with van der Waals surface area (Å²) in [5.74, 6) is 0.384. The van der Waals surface area contributed by atoms with Crippen molar-refractivity contribution in [2.24, 2.45) is 5.92 Å². The Kier molecular flexibility index (Phi) is 4.57. The third kappa shape index (κ3) is 3.22. The fraction of sp³-hybridized carbons (Fsp3) is 0.538. The highest BCUT2D eigenvalue weighted by Gasteiger charge is 2.26. The van der Waals surface area contributed by atoms with Crippen LogP contribution in [0.15, 0.2) is 24.3 Å². The predicted octanol–water partition coefficient (Wildman–Crippen LogP) is 2.67. The number of sulfonamides is 1. The van der Waals surface area contributed by atoms with Crippen molar-refractivity contribution in [3.05, 3.63) is 29.8 Å². The van der Waals surface area contributed by atoms with Crippen molar-refractivity contribution in [3.63, 3.8) is 0 Å². The predicted molar refractivity (Wildman–Crippen MR) is 72.8 cm³/mol. The SMILES string of the molecule is CC.CC1Cc2ccccc2N(S(C)(=O)=O)C1. The minimum absolute atomic E-state index is 0.384. The smallest absolute Gasteiger partial charge is 0.232 e. The molecule has 0 aromatic heterocycles. The molecule has 1 heterocycles. The molecule has 0 N–H and O–H groups in total. The lowest BCUT2D eigenvalue weighted by atomic mass is 9.96. The Morgan fingerprint density at radius 1 is 1.24 bits per heavy atom. The van der Waals surface area contributed by atoms with Crippen molar-refractivity contribution in [1.29, 1.82) is 0 Å². The zero-order valence-electron chi connectivity index (χ0n) is 11.0. The van der Waals surface area contributed by atoms with E-state index in [2.05, 4.69) is 6.92 Å². The summed E-state index contributed by atoms with van der Waals surface area (Å²) in [7, 11) is -3.14. The van der Waals surface area contributed by atoms with Crippen LogP contribution in [0, 0.1) is 5.92 Å². The highest BCUT2D eigenvalue weighted by molar-refractivity contribution is 7.92. The van der Waals surface area contributed by atoms with E-state index in [1.54, 1.807) is 0 Å². The number of rotatable bonds is 1. The first-order valence-corrected chi connectivity index (χ1v) is 7.89. The van der Waals surface area contributed by atoms with Gasteiger partial charge >= 0.3 is 0 Å². The van der Waals surface area contributed by atoms with Crippen LogP contribution in [-0.4, -0.2) is 21.2 Å². The van der Waals surface area contributed by atoms with Crippen LogP contribution < -0.4 is 4.31 Å². The molecule has 0 saturated heterocycles. The highest BCUT2D eigenvalue weighted by atomic mass is 32.2. The molecule has 4 heteroatoms. The molecular formula is C13H21NO2S. The minimum Gasteiger partial charge on any atom is -0.270 e. The normalized spacial score (nSPS) is 19.1. The quantitative estimate of drug-likeness (QED) is 0.773. The summed E-state index contributed by atoms with van der Waals surface area (Å²) in [6, 6.07) is 7.72. The van der Waals surface area contributed by atoms with Gasteiger partial charge in [0.05, 0.1) is 11.9 Å². The molecule has 0 saturated carbocycles. The third-order valence-corrected chi connectivity index (χ3v) is 3.85. The lowest BCUT2D eigenvalue weighted by molar-refractivity contribution is 0.548. The van der Waals surface area contributed by atoms with Crippen molar-refractivity contribution in [2.75, 3.05) is 17.1 Å². The Balaban J connectivity index is 0.000000686. The van der Waals surface area contributed by atoms with Gasteiger partial charge in [-0.05, 0) is 24.0 Å². The van der Waals surface area contributed by atoms with E-state index in [0.717, 1.165) is 17.7 Å². The molecule has 0 amide bonds. The van der Waals surface area contributed by atoms with E-state index in [4.69, 9.17) is 0 Å². The Morgan fingerprint density at radius 3 is 2.41 bits per heavy atom. The maximum atomic E-state index is 11.6. The molecule has 2 rings (SSSR count). The maximum Gasteiger partial charge on any atom is 0.232 e. The molecule has 3 nitrogen and oxygen atoms in total. The van der Waals surface area contributed by atoms with E-state index in [0.29, 0.717) is 12.5 Å². The summed E-state index contributed by atoms with van der Waals surface area (Å²) in [4.78, 5) is 0. The fourth-order valence-electron chi connectivity index (χ4n) is 2.06. The monoisotopic (exact) mass is 255 g/mol. The van der Waals surface area contributed by atoms with Crippen molar-refractivity contribution >= 4 is 15.7 Å². The van der Waals surface area contributed by atoms with Gasteiger partial charge in [0.1, 0.15) is 0 Å². The first-order chi connectivity index (χ1) is 7.98. The molecule has 0 bridgehead atoms. The Bertz CT molecular complexity index is 468. The lowest BCUT2D eigenvalue weighted by Crippen LogP contribution is -2.38. The molecule has 1 aromatic carbocycles.